The van der Waals surface area contributed by atoms with E-state index in [2.05, 4.69) is 20.9 Å². The van der Waals surface area contributed by atoms with Crippen molar-refractivity contribution in [2.45, 2.75) is 39.0 Å². The van der Waals surface area contributed by atoms with E-state index >= 15 is 0 Å². The molecule has 0 unspecified atom stereocenters. The van der Waals surface area contributed by atoms with Crippen molar-refractivity contribution in [2.75, 3.05) is 19.6 Å². The minimum absolute atomic E-state index is 0.189. The van der Waals surface area contributed by atoms with Gasteiger partial charge in [0.1, 0.15) is 5.60 Å². The molecule has 1 saturated heterocycles. The second-order valence-electron chi connectivity index (χ2n) is 6.96. The Bertz CT molecular complexity index is 689. The van der Waals surface area contributed by atoms with Crippen LogP contribution in [0.25, 0.3) is 11.0 Å². The lowest BCUT2D eigenvalue weighted by Gasteiger charge is -2.35. The first-order valence-electron chi connectivity index (χ1n) is 8.03. The van der Waals surface area contributed by atoms with Crippen molar-refractivity contribution in [3.8, 4) is 0 Å². The van der Waals surface area contributed by atoms with Gasteiger partial charge in [-0.1, -0.05) is 12.1 Å². The quantitative estimate of drug-likeness (QED) is 0.923. The number of piperazine rings is 1. The Balaban J connectivity index is 1.66. The average molecular weight is 316 g/mol. The van der Waals surface area contributed by atoms with Crippen LogP contribution in [0, 0.1) is 0 Å². The summed E-state index contributed by atoms with van der Waals surface area (Å²) in [5.74, 6) is 0. The van der Waals surface area contributed by atoms with Gasteiger partial charge in [-0.25, -0.2) is 9.78 Å². The van der Waals surface area contributed by atoms with Gasteiger partial charge in [-0.2, -0.15) is 0 Å². The minimum atomic E-state index is -0.460. The van der Waals surface area contributed by atoms with Crippen LogP contribution in [0.2, 0.25) is 0 Å². The fourth-order valence-electron chi connectivity index (χ4n) is 2.83. The number of nitrogens with zero attached hydrogens (tertiary/aromatic N) is 3. The molecule has 0 saturated carbocycles. The summed E-state index contributed by atoms with van der Waals surface area (Å²) in [5, 5.41) is 3.47. The average Bonchev–Trinajstić information content (AvgIpc) is 2.89. The third kappa shape index (κ3) is 3.82. The molecule has 1 fully saturated rings. The van der Waals surface area contributed by atoms with Crippen LogP contribution in [-0.2, 0) is 11.3 Å². The maximum absolute atomic E-state index is 12.2. The number of carbonyl (C=O) groups excluding carboxylic acids is 1. The van der Waals surface area contributed by atoms with Gasteiger partial charge in [0, 0.05) is 32.2 Å². The van der Waals surface area contributed by atoms with Crippen LogP contribution < -0.4 is 5.32 Å². The number of hydrogen-bond acceptors (Lipinski definition) is 4. The van der Waals surface area contributed by atoms with Gasteiger partial charge in [-0.15, -0.1) is 0 Å². The molecule has 1 aliphatic rings. The number of carbonyl (C=O) groups is 1. The molecule has 2 heterocycles. The highest BCUT2D eigenvalue weighted by atomic mass is 16.6. The van der Waals surface area contributed by atoms with E-state index in [1.54, 1.807) is 4.90 Å². The van der Waals surface area contributed by atoms with Gasteiger partial charge in [0.05, 0.1) is 17.4 Å². The number of rotatable bonds is 2. The largest absolute Gasteiger partial charge is 0.444 e. The lowest BCUT2D eigenvalue weighted by Crippen LogP contribution is -2.54. The fourth-order valence-corrected chi connectivity index (χ4v) is 2.83. The zero-order valence-electron chi connectivity index (χ0n) is 14.0. The molecule has 0 spiro atoms. The van der Waals surface area contributed by atoms with Crippen molar-refractivity contribution in [1.29, 1.82) is 0 Å². The zero-order chi connectivity index (χ0) is 16.4. The Hall–Kier alpha value is -2.08. The lowest BCUT2D eigenvalue weighted by molar-refractivity contribution is 0.0190. The molecular formula is C17H24N4O2. The third-order valence-corrected chi connectivity index (χ3v) is 3.85. The Morgan fingerprint density at radius 3 is 2.96 bits per heavy atom. The number of aromatic nitrogens is 2. The van der Waals surface area contributed by atoms with Gasteiger partial charge in [-0.05, 0) is 32.9 Å². The summed E-state index contributed by atoms with van der Waals surface area (Å²) in [4.78, 5) is 18.4. The summed E-state index contributed by atoms with van der Waals surface area (Å²) in [6.07, 6.45) is 1.62. The predicted molar refractivity (Wildman–Crippen MR) is 89.3 cm³/mol. The van der Waals surface area contributed by atoms with Crippen molar-refractivity contribution >= 4 is 17.1 Å². The van der Waals surface area contributed by atoms with Gasteiger partial charge in [0.25, 0.3) is 0 Å². The number of para-hydroxylation sites is 2. The number of nitrogens with one attached hydrogen (secondary N) is 1. The van der Waals surface area contributed by atoms with Crippen molar-refractivity contribution < 1.29 is 9.53 Å². The molecule has 124 valence electrons. The summed E-state index contributed by atoms with van der Waals surface area (Å²) >= 11 is 0. The van der Waals surface area contributed by atoms with E-state index in [0.717, 1.165) is 24.1 Å². The van der Waals surface area contributed by atoms with E-state index < -0.39 is 5.60 Å². The summed E-state index contributed by atoms with van der Waals surface area (Å²) in [7, 11) is 0. The van der Waals surface area contributed by atoms with Gasteiger partial charge in [0.15, 0.2) is 0 Å². The topological polar surface area (TPSA) is 59.4 Å². The molecule has 1 atom stereocenters. The van der Waals surface area contributed by atoms with Crippen LogP contribution in [0.3, 0.4) is 0 Å². The van der Waals surface area contributed by atoms with Crippen LogP contribution in [0.1, 0.15) is 20.8 Å². The summed E-state index contributed by atoms with van der Waals surface area (Å²) in [5.41, 5.74) is 1.65. The van der Waals surface area contributed by atoms with E-state index in [1.165, 1.54) is 0 Å². The number of ether oxygens (including phenoxy) is 1. The Kier molecular flexibility index (Phi) is 4.26. The lowest BCUT2D eigenvalue weighted by atomic mass is 10.2. The summed E-state index contributed by atoms with van der Waals surface area (Å²) in [6.45, 7) is 8.54. The normalized spacial score (nSPS) is 19.1. The molecule has 1 aromatic heterocycles. The van der Waals surface area contributed by atoms with Crippen molar-refractivity contribution in [3.05, 3.63) is 30.6 Å². The first kappa shape index (κ1) is 15.8. The Morgan fingerprint density at radius 2 is 2.17 bits per heavy atom. The molecule has 23 heavy (non-hydrogen) atoms. The molecule has 1 amide bonds. The first-order valence-corrected chi connectivity index (χ1v) is 8.03. The minimum Gasteiger partial charge on any atom is -0.444 e. The van der Waals surface area contributed by atoms with E-state index in [0.29, 0.717) is 13.1 Å². The molecule has 0 aliphatic carbocycles. The molecule has 2 aromatic rings. The van der Waals surface area contributed by atoms with Gasteiger partial charge < -0.3 is 19.5 Å². The molecule has 3 rings (SSSR count). The second kappa shape index (κ2) is 6.20. The monoisotopic (exact) mass is 316 g/mol. The number of hydrogen-bond donors (Lipinski definition) is 1. The Morgan fingerprint density at radius 1 is 1.39 bits per heavy atom. The van der Waals surface area contributed by atoms with E-state index in [1.807, 2.05) is 45.3 Å². The summed E-state index contributed by atoms with van der Waals surface area (Å²) in [6, 6.07) is 8.27. The standard InChI is InChI=1S/C17H24N4O2/c1-17(2,3)23-16(22)20-9-8-18-13(10-20)11-21-12-19-14-6-4-5-7-15(14)21/h4-7,12-13,18H,8-11H2,1-3H3/t13-/m1/s1. The molecular weight excluding hydrogens is 292 g/mol. The highest BCUT2D eigenvalue weighted by Gasteiger charge is 2.27. The zero-order valence-corrected chi connectivity index (χ0v) is 14.0. The second-order valence-corrected chi connectivity index (χ2v) is 6.96. The molecule has 1 aromatic carbocycles. The molecule has 6 nitrogen and oxygen atoms in total. The maximum atomic E-state index is 12.2. The van der Waals surface area contributed by atoms with Crippen LogP contribution >= 0.6 is 0 Å². The van der Waals surface area contributed by atoms with Crippen molar-refractivity contribution in [1.82, 2.24) is 19.8 Å². The van der Waals surface area contributed by atoms with Crippen LogP contribution in [0.15, 0.2) is 30.6 Å². The first-order chi connectivity index (χ1) is 10.9. The van der Waals surface area contributed by atoms with Crippen LogP contribution in [0.4, 0.5) is 4.79 Å². The van der Waals surface area contributed by atoms with Gasteiger partial charge in [-0.3, -0.25) is 0 Å². The summed E-state index contributed by atoms with van der Waals surface area (Å²) < 4.78 is 7.60. The smallest absolute Gasteiger partial charge is 0.410 e. The Labute approximate surface area is 136 Å². The maximum Gasteiger partial charge on any atom is 0.410 e. The SMILES string of the molecule is CC(C)(C)OC(=O)N1CCN[C@@H](Cn2cnc3ccccc32)C1. The predicted octanol–water partition coefficient (Wildman–Crippen LogP) is 2.25. The fraction of sp³-hybridized carbons (Fsp3) is 0.529. The molecule has 1 aliphatic heterocycles. The van der Waals surface area contributed by atoms with Crippen LogP contribution in [0.5, 0.6) is 0 Å². The van der Waals surface area contributed by atoms with Crippen molar-refractivity contribution in [2.24, 2.45) is 0 Å². The number of fused-ring (bicyclic) bond motifs is 1. The third-order valence-electron chi connectivity index (χ3n) is 3.85. The van der Waals surface area contributed by atoms with E-state index in [-0.39, 0.29) is 12.1 Å². The number of imidazole rings is 1. The number of amides is 1. The molecule has 6 heteroatoms. The molecule has 0 bridgehead atoms. The molecule has 1 N–H and O–H groups in total. The highest BCUT2D eigenvalue weighted by molar-refractivity contribution is 5.75. The van der Waals surface area contributed by atoms with Gasteiger partial charge in [0.2, 0.25) is 0 Å². The van der Waals surface area contributed by atoms with Crippen molar-refractivity contribution in [3.63, 3.8) is 0 Å². The van der Waals surface area contributed by atoms with Crippen LogP contribution in [-0.4, -0.2) is 51.8 Å². The highest BCUT2D eigenvalue weighted by Crippen LogP contribution is 2.15. The van der Waals surface area contributed by atoms with E-state index in [9.17, 15) is 4.79 Å². The number of benzene rings is 1. The molecule has 0 radical (unpaired) electrons. The van der Waals surface area contributed by atoms with E-state index in [4.69, 9.17) is 4.74 Å². The van der Waals surface area contributed by atoms with Gasteiger partial charge >= 0.3 is 6.09 Å².